The molecule has 1 atom stereocenters. The minimum atomic E-state index is 0.419. The molecule has 58 valence electrons. The highest BCUT2D eigenvalue weighted by Gasteiger charge is 2.03. The standard InChI is InChI=1S/C8H14O2/c1-2-8(5-7-10)4-3-6-9/h6-8H,2-5H2,1H3. The summed E-state index contributed by atoms with van der Waals surface area (Å²) in [5.41, 5.74) is 0. The second-order valence-electron chi connectivity index (χ2n) is 2.42. The van der Waals surface area contributed by atoms with Gasteiger partial charge >= 0.3 is 0 Å². The average Bonchev–Trinajstić information content (AvgIpc) is 1.98. The van der Waals surface area contributed by atoms with Crippen LogP contribution in [0.5, 0.6) is 0 Å². The quantitative estimate of drug-likeness (QED) is 0.527. The maximum Gasteiger partial charge on any atom is 0.120 e. The van der Waals surface area contributed by atoms with Gasteiger partial charge in [-0.15, -0.1) is 0 Å². The van der Waals surface area contributed by atoms with Gasteiger partial charge in [0.2, 0.25) is 0 Å². The van der Waals surface area contributed by atoms with Gasteiger partial charge in [-0.2, -0.15) is 0 Å². The molecule has 0 aromatic carbocycles. The SMILES string of the molecule is CCC(CC=O)CCC=O. The van der Waals surface area contributed by atoms with Gasteiger partial charge < -0.3 is 9.59 Å². The predicted molar refractivity (Wildman–Crippen MR) is 39.8 cm³/mol. The third-order valence-corrected chi connectivity index (χ3v) is 1.70. The van der Waals surface area contributed by atoms with E-state index in [1.807, 2.05) is 6.92 Å². The Morgan fingerprint density at radius 3 is 2.40 bits per heavy atom. The molecule has 0 rings (SSSR count). The number of aldehydes is 2. The lowest BCUT2D eigenvalue weighted by Gasteiger charge is -2.07. The first-order valence-electron chi connectivity index (χ1n) is 3.72. The van der Waals surface area contributed by atoms with Crippen molar-refractivity contribution in [3.8, 4) is 0 Å². The Bertz CT molecular complexity index is 99.4. The Morgan fingerprint density at radius 1 is 1.30 bits per heavy atom. The molecule has 0 spiro atoms. The van der Waals surface area contributed by atoms with Crippen molar-refractivity contribution in [2.45, 2.75) is 32.6 Å². The first-order chi connectivity index (χ1) is 4.85. The molecular formula is C8H14O2. The molecule has 2 heteroatoms. The highest BCUT2D eigenvalue weighted by atomic mass is 16.1. The van der Waals surface area contributed by atoms with Crippen LogP contribution >= 0.6 is 0 Å². The fraction of sp³-hybridized carbons (Fsp3) is 0.750. The van der Waals surface area contributed by atoms with Gasteiger partial charge in [-0.05, 0) is 12.3 Å². The molecule has 0 bridgehead atoms. The van der Waals surface area contributed by atoms with E-state index in [1.165, 1.54) is 0 Å². The van der Waals surface area contributed by atoms with Crippen molar-refractivity contribution < 1.29 is 9.59 Å². The zero-order valence-electron chi connectivity index (χ0n) is 6.38. The molecule has 0 aliphatic carbocycles. The van der Waals surface area contributed by atoms with Crippen molar-refractivity contribution in [1.29, 1.82) is 0 Å². The largest absolute Gasteiger partial charge is 0.303 e. The Balaban J connectivity index is 3.38. The summed E-state index contributed by atoms with van der Waals surface area (Å²) >= 11 is 0. The second kappa shape index (κ2) is 6.46. The molecule has 1 unspecified atom stereocenters. The Kier molecular flexibility index (Phi) is 6.03. The van der Waals surface area contributed by atoms with Gasteiger partial charge in [0.05, 0.1) is 0 Å². The van der Waals surface area contributed by atoms with E-state index in [1.54, 1.807) is 0 Å². The fourth-order valence-corrected chi connectivity index (χ4v) is 0.928. The molecule has 0 amide bonds. The van der Waals surface area contributed by atoms with Crippen LogP contribution in [0.4, 0.5) is 0 Å². The molecule has 0 heterocycles. The van der Waals surface area contributed by atoms with E-state index in [9.17, 15) is 9.59 Å². The predicted octanol–water partition coefficient (Wildman–Crippen LogP) is 1.58. The van der Waals surface area contributed by atoms with Gasteiger partial charge in [0.1, 0.15) is 12.6 Å². The van der Waals surface area contributed by atoms with Crippen LogP contribution in [0.25, 0.3) is 0 Å². The van der Waals surface area contributed by atoms with Crippen LogP contribution < -0.4 is 0 Å². The monoisotopic (exact) mass is 142 g/mol. The molecule has 0 aliphatic heterocycles. The number of hydrogen-bond donors (Lipinski definition) is 0. The van der Waals surface area contributed by atoms with Crippen molar-refractivity contribution in [2.75, 3.05) is 0 Å². The van der Waals surface area contributed by atoms with E-state index in [0.717, 1.165) is 25.4 Å². The first kappa shape index (κ1) is 9.34. The Hall–Kier alpha value is -0.660. The van der Waals surface area contributed by atoms with Crippen LogP contribution in [0, 0.1) is 5.92 Å². The van der Waals surface area contributed by atoms with Gasteiger partial charge in [0.25, 0.3) is 0 Å². The average molecular weight is 142 g/mol. The zero-order chi connectivity index (χ0) is 7.82. The summed E-state index contributed by atoms with van der Waals surface area (Å²) in [4.78, 5) is 20.0. The molecule has 0 aromatic rings. The van der Waals surface area contributed by atoms with Gasteiger partial charge in [-0.25, -0.2) is 0 Å². The van der Waals surface area contributed by atoms with Gasteiger partial charge in [0.15, 0.2) is 0 Å². The summed E-state index contributed by atoms with van der Waals surface area (Å²) in [7, 11) is 0. The van der Waals surface area contributed by atoms with E-state index in [2.05, 4.69) is 0 Å². The van der Waals surface area contributed by atoms with Gasteiger partial charge in [-0.3, -0.25) is 0 Å². The van der Waals surface area contributed by atoms with Gasteiger partial charge in [0, 0.05) is 12.8 Å². The van der Waals surface area contributed by atoms with Crippen LogP contribution in [-0.4, -0.2) is 12.6 Å². The van der Waals surface area contributed by atoms with E-state index in [4.69, 9.17) is 0 Å². The normalized spacial score (nSPS) is 12.5. The summed E-state index contributed by atoms with van der Waals surface area (Å²) in [6.07, 6.45) is 4.88. The molecule has 0 aromatic heterocycles. The maximum atomic E-state index is 10.0. The summed E-state index contributed by atoms with van der Waals surface area (Å²) < 4.78 is 0. The zero-order valence-corrected chi connectivity index (χ0v) is 6.38. The number of carbonyl (C=O) groups excluding carboxylic acids is 2. The lowest BCUT2D eigenvalue weighted by atomic mass is 9.98. The highest BCUT2D eigenvalue weighted by Crippen LogP contribution is 2.12. The molecule has 10 heavy (non-hydrogen) atoms. The lowest BCUT2D eigenvalue weighted by Crippen LogP contribution is -1.99. The number of hydrogen-bond acceptors (Lipinski definition) is 2. The number of rotatable bonds is 6. The lowest BCUT2D eigenvalue weighted by molar-refractivity contribution is -0.110. The number of carbonyl (C=O) groups is 2. The van der Waals surface area contributed by atoms with Gasteiger partial charge in [-0.1, -0.05) is 13.3 Å². The van der Waals surface area contributed by atoms with E-state index in [-0.39, 0.29) is 0 Å². The second-order valence-corrected chi connectivity index (χ2v) is 2.42. The minimum absolute atomic E-state index is 0.419. The Morgan fingerprint density at radius 2 is 2.00 bits per heavy atom. The summed E-state index contributed by atoms with van der Waals surface area (Å²) in [5.74, 6) is 0.419. The molecule has 2 nitrogen and oxygen atoms in total. The van der Waals surface area contributed by atoms with Crippen LogP contribution in [0.1, 0.15) is 32.6 Å². The van der Waals surface area contributed by atoms with Crippen molar-refractivity contribution >= 4 is 12.6 Å². The third-order valence-electron chi connectivity index (χ3n) is 1.70. The maximum absolute atomic E-state index is 10.0. The molecule has 0 N–H and O–H groups in total. The molecule has 0 radical (unpaired) electrons. The minimum Gasteiger partial charge on any atom is -0.303 e. The van der Waals surface area contributed by atoms with E-state index < -0.39 is 0 Å². The van der Waals surface area contributed by atoms with E-state index >= 15 is 0 Å². The molecular weight excluding hydrogens is 128 g/mol. The van der Waals surface area contributed by atoms with Crippen molar-refractivity contribution in [1.82, 2.24) is 0 Å². The third kappa shape index (κ3) is 4.24. The van der Waals surface area contributed by atoms with Crippen molar-refractivity contribution in [3.05, 3.63) is 0 Å². The van der Waals surface area contributed by atoms with Crippen molar-refractivity contribution in [2.24, 2.45) is 5.92 Å². The summed E-state index contributed by atoms with van der Waals surface area (Å²) in [5, 5.41) is 0. The topological polar surface area (TPSA) is 34.1 Å². The molecule has 0 fully saturated rings. The fourth-order valence-electron chi connectivity index (χ4n) is 0.928. The molecule has 0 saturated heterocycles. The van der Waals surface area contributed by atoms with Crippen LogP contribution in [0.3, 0.4) is 0 Å². The van der Waals surface area contributed by atoms with Crippen molar-refractivity contribution in [3.63, 3.8) is 0 Å². The van der Waals surface area contributed by atoms with Crippen LogP contribution in [0.2, 0.25) is 0 Å². The summed E-state index contributed by atoms with van der Waals surface area (Å²) in [6, 6.07) is 0. The van der Waals surface area contributed by atoms with Crippen LogP contribution in [0.15, 0.2) is 0 Å². The molecule has 0 saturated carbocycles. The first-order valence-corrected chi connectivity index (χ1v) is 3.72. The summed E-state index contributed by atoms with van der Waals surface area (Å²) in [6.45, 7) is 2.04. The van der Waals surface area contributed by atoms with Crippen LogP contribution in [-0.2, 0) is 9.59 Å². The smallest absolute Gasteiger partial charge is 0.120 e. The molecule has 0 aliphatic rings. The van der Waals surface area contributed by atoms with E-state index in [0.29, 0.717) is 18.8 Å². The highest BCUT2D eigenvalue weighted by molar-refractivity contribution is 5.51. The Labute approximate surface area is 61.6 Å².